The van der Waals surface area contributed by atoms with E-state index in [4.69, 9.17) is 0 Å². The molecule has 0 bridgehead atoms. The Labute approximate surface area is 131 Å². The average molecular weight is 308 g/mol. The van der Waals surface area contributed by atoms with Gasteiger partial charge in [0, 0.05) is 53.5 Å². The smallest absolute Gasteiger partial charge is 0.0474 e. The van der Waals surface area contributed by atoms with Gasteiger partial charge in [0.05, 0.1) is 0 Å². The van der Waals surface area contributed by atoms with E-state index in [1.165, 1.54) is 5.56 Å². The Kier molecular flexibility index (Phi) is 5.97. The maximum Gasteiger partial charge on any atom is 0.0474 e. The lowest BCUT2D eigenvalue weighted by Gasteiger charge is -2.46. The first-order valence-electron chi connectivity index (χ1n) is 7.97. The lowest BCUT2D eigenvalue weighted by molar-refractivity contribution is 0.0903. The van der Waals surface area contributed by atoms with Gasteiger partial charge in [0.15, 0.2) is 0 Å². The number of nitrogens with one attached hydrogen (secondary N) is 1. The van der Waals surface area contributed by atoms with Crippen LogP contribution >= 0.6 is 0 Å². The minimum atomic E-state index is -0.689. The molecule has 3 atom stereocenters. The summed E-state index contributed by atoms with van der Waals surface area (Å²) in [4.78, 5) is 2.52. The second-order valence-electron chi connectivity index (χ2n) is 6.12. The van der Waals surface area contributed by atoms with Crippen molar-refractivity contribution >= 4 is 10.8 Å². The van der Waals surface area contributed by atoms with E-state index in [0.717, 1.165) is 37.6 Å². The van der Waals surface area contributed by atoms with E-state index < -0.39 is 10.8 Å². The zero-order valence-corrected chi connectivity index (χ0v) is 14.3. The molecule has 1 aliphatic rings. The Morgan fingerprint density at radius 1 is 1.33 bits per heavy atom. The maximum atomic E-state index is 11.8. The molecule has 0 saturated carbocycles. The monoisotopic (exact) mass is 308 g/mol. The third kappa shape index (κ3) is 4.38. The van der Waals surface area contributed by atoms with Gasteiger partial charge in [-0.15, -0.1) is 0 Å². The van der Waals surface area contributed by atoms with Crippen LogP contribution in [0.2, 0.25) is 0 Å². The van der Waals surface area contributed by atoms with Crippen molar-refractivity contribution < 1.29 is 4.21 Å². The van der Waals surface area contributed by atoms with Crippen molar-refractivity contribution in [3.8, 4) is 0 Å². The van der Waals surface area contributed by atoms with Gasteiger partial charge in [-0.25, -0.2) is 0 Å². The van der Waals surface area contributed by atoms with Crippen LogP contribution in [0.3, 0.4) is 0 Å². The van der Waals surface area contributed by atoms with Crippen LogP contribution < -0.4 is 5.32 Å². The molecule has 0 amide bonds. The fourth-order valence-electron chi connectivity index (χ4n) is 2.93. The quantitative estimate of drug-likeness (QED) is 0.876. The molecule has 118 valence electrons. The molecule has 0 radical (unpaired) electrons. The molecular weight excluding hydrogens is 280 g/mol. The van der Waals surface area contributed by atoms with Crippen molar-refractivity contribution in [2.75, 3.05) is 31.1 Å². The summed E-state index contributed by atoms with van der Waals surface area (Å²) in [6.07, 6.45) is 1.11. The fraction of sp³-hybridized carbons (Fsp3) is 0.647. The summed E-state index contributed by atoms with van der Waals surface area (Å²) >= 11 is 0. The number of benzene rings is 1. The molecule has 2 rings (SSSR count). The third-order valence-corrected chi connectivity index (χ3v) is 5.89. The minimum Gasteiger partial charge on any atom is -0.308 e. The molecule has 1 saturated heterocycles. The molecule has 0 aliphatic carbocycles. The summed E-state index contributed by atoms with van der Waals surface area (Å²) in [5.41, 5.74) is 1.52. The summed E-state index contributed by atoms with van der Waals surface area (Å²) in [6, 6.07) is 11.1. The molecule has 1 N–H and O–H groups in total. The largest absolute Gasteiger partial charge is 0.308 e. The summed E-state index contributed by atoms with van der Waals surface area (Å²) in [6.45, 7) is 9.42. The van der Waals surface area contributed by atoms with E-state index in [1.807, 2.05) is 6.92 Å². The molecule has 4 heteroatoms. The predicted molar refractivity (Wildman–Crippen MR) is 91.0 cm³/mol. The summed E-state index contributed by atoms with van der Waals surface area (Å²) in [7, 11) is -0.689. The molecule has 0 aromatic heterocycles. The first-order chi connectivity index (χ1) is 10.1. The Morgan fingerprint density at radius 3 is 2.67 bits per heavy atom. The first kappa shape index (κ1) is 16.7. The van der Waals surface area contributed by atoms with E-state index in [-0.39, 0.29) is 5.54 Å². The second kappa shape index (κ2) is 7.52. The van der Waals surface area contributed by atoms with Gasteiger partial charge in [0.1, 0.15) is 0 Å². The molecule has 1 aliphatic heterocycles. The van der Waals surface area contributed by atoms with Gasteiger partial charge < -0.3 is 5.32 Å². The Balaban J connectivity index is 2.12. The normalized spacial score (nSPS) is 28.4. The average Bonchev–Trinajstić information content (AvgIpc) is 2.53. The lowest BCUT2D eigenvalue weighted by Crippen LogP contribution is -2.59. The standard InChI is InChI=1S/C17H28N2OS/c1-4-17(3)14-19(11-12-21(20)5-2)16(13-18-17)15-9-7-6-8-10-15/h6-10,16,18H,4-5,11-14H2,1-3H3. The lowest BCUT2D eigenvalue weighted by atomic mass is 9.91. The van der Waals surface area contributed by atoms with E-state index >= 15 is 0 Å². The maximum absolute atomic E-state index is 11.8. The topological polar surface area (TPSA) is 32.3 Å². The Bertz CT molecular complexity index is 465. The van der Waals surface area contributed by atoms with Crippen molar-refractivity contribution in [1.82, 2.24) is 10.2 Å². The highest BCUT2D eigenvalue weighted by molar-refractivity contribution is 7.84. The predicted octanol–water partition coefficient (Wildman–Crippen LogP) is 2.57. The highest BCUT2D eigenvalue weighted by atomic mass is 32.2. The number of hydrogen-bond acceptors (Lipinski definition) is 3. The van der Waals surface area contributed by atoms with E-state index in [2.05, 4.69) is 54.4 Å². The van der Waals surface area contributed by atoms with Gasteiger partial charge in [0.25, 0.3) is 0 Å². The Morgan fingerprint density at radius 2 is 2.05 bits per heavy atom. The molecule has 1 heterocycles. The SMILES string of the molecule is CCS(=O)CCN1CC(C)(CC)NCC1c1ccccc1. The van der Waals surface area contributed by atoms with Gasteiger partial charge in [-0.3, -0.25) is 9.11 Å². The minimum absolute atomic E-state index is 0.166. The molecule has 1 aromatic rings. The van der Waals surface area contributed by atoms with Crippen molar-refractivity contribution in [2.45, 2.75) is 38.8 Å². The van der Waals surface area contributed by atoms with Crippen LogP contribution in [0, 0.1) is 0 Å². The summed E-state index contributed by atoms with van der Waals surface area (Å²) < 4.78 is 11.8. The molecule has 21 heavy (non-hydrogen) atoms. The molecule has 0 spiro atoms. The summed E-state index contributed by atoms with van der Waals surface area (Å²) in [5, 5.41) is 3.71. The number of rotatable bonds is 6. The molecule has 1 fully saturated rings. The van der Waals surface area contributed by atoms with Gasteiger partial charge in [-0.2, -0.15) is 0 Å². The van der Waals surface area contributed by atoms with Crippen molar-refractivity contribution in [2.24, 2.45) is 0 Å². The summed E-state index contributed by atoms with van der Waals surface area (Å²) in [5.74, 6) is 1.53. The molecule has 1 aromatic carbocycles. The number of piperazine rings is 1. The highest BCUT2D eigenvalue weighted by Crippen LogP contribution is 2.28. The fourth-order valence-corrected chi connectivity index (χ4v) is 3.65. The third-order valence-electron chi connectivity index (χ3n) is 4.61. The van der Waals surface area contributed by atoms with Crippen LogP contribution in [0.15, 0.2) is 30.3 Å². The van der Waals surface area contributed by atoms with Crippen LogP contribution in [-0.2, 0) is 10.8 Å². The molecular formula is C17H28N2OS. The van der Waals surface area contributed by atoms with Crippen molar-refractivity contribution in [1.29, 1.82) is 0 Å². The van der Waals surface area contributed by atoms with E-state index in [0.29, 0.717) is 6.04 Å². The van der Waals surface area contributed by atoms with E-state index in [1.54, 1.807) is 0 Å². The van der Waals surface area contributed by atoms with Crippen LogP contribution in [-0.4, -0.2) is 45.8 Å². The zero-order chi connectivity index (χ0) is 15.3. The van der Waals surface area contributed by atoms with Gasteiger partial charge in [0.2, 0.25) is 0 Å². The van der Waals surface area contributed by atoms with Crippen LogP contribution in [0.1, 0.15) is 38.8 Å². The zero-order valence-electron chi connectivity index (χ0n) is 13.5. The van der Waals surface area contributed by atoms with Gasteiger partial charge >= 0.3 is 0 Å². The van der Waals surface area contributed by atoms with Gasteiger partial charge in [-0.1, -0.05) is 44.2 Å². The van der Waals surface area contributed by atoms with Crippen LogP contribution in [0.5, 0.6) is 0 Å². The van der Waals surface area contributed by atoms with Crippen LogP contribution in [0.4, 0.5) is 0 Å². The van der Waals surface area contributed by atoms with Crippen LogP contribution in [0.25, 0.3) is 0 Å². The Hall–Kier alpha value is -0.710. The number of nitrogens with zero attached hydrogens (tertiary/aromatic N) is 1. The highest BCUT2D eigenvalue weighted by Gasteiger charge is 2.34. The van der Waals surface area contributed by atoms with Crippen molar-refractivity contribution in [3.63, 3.8) is 0 Å². The first-order valence-corrected chi connectivity index (χ1v) is 9.46. The molecule has 3 nitrogen and oxygen atoms in total. The van der Waals surface area contributed by atoms with E-state index in [9.17, 15) is 4.21 Å². The molecule has 3 unspecified atom stereocenters. The van der Waals surface area contributed by atoms with Gasteiger partial charge in [-0.05, 0) is 18.9 Å². The number of hydrogen-bond donors (Lipinski definition) is 1. The van der Waals surface area contributed by atoms with Crippen molar-refractivity contribution in [3.05, 3.63) is 35.9 Å². The second-order valence-corrected chi connectivity index (χ2v) is 7.99.